The Morgan fingerprint density at radius 1 is 0.600 bits per heavy atom. The Labute approximate surface area is 153 Å². The summed E-state index contributed by atoms with van der Waals surface area (Å²) in [6.45, 7) is 13.7. The van der Waals surface area contributed by atoms with Crippen molar-refractivity contribution in [2.24, 2.45) is 0 Å². The fourth-order valence-corrected chi connectivity index (χ4v) is 3.68. The Morgan fingerprint density at radius 2 is 1.00 bits per heavy atom. The van der Waals surface area contributed by atoms with Gasteiger partial charge in [-0.1, -0.05) is 48.5 Å². The van der Waals surface area contributed by atoms with Gasteiger partial charge in [-0.15, -0.1) is 0 Å². The molecule has 2 heterocycles. The molecule has 2 nitrogen and oxygen atoms in total. The number of benzene rings is 2. The van der Waals surface area contributed by atoms with Crippen molar-refractivity contribution in [2.75, 3.05) is 6.54 Å². The third-order valence-electron chi connectivity index (χ3n) is 5.49. The quantitative estimate of drug-likeness (QED) is 0.772. The Kier molecular flexibility index (Phi) is 5.93. The topological polar surface area (TPSA) is 6.48 Å². The zero-order chi connectivity index (χ0) is 17.8. The van der Waals surface area contributed by atoms with Gasteiger partial charge in [0.1, 0.15) is 0 Å². The second-order valence-electron chi connectivity index (χ2n) is 7.85. The highest BCUT2D eigenvalue weighted by atomic mass is 15.2. The maximum atomic E-state index is 2.53. The lowest BCUT2D eigenvalue weighted by Crippen LogP contribution is -2.35. The summed E-state index contributed by atoms with van der Waals surface area (Å²) in [5.74, 6) is 0. The highest BCUT2D eigenvalue weighted by Crippen LogP contribution is 2.23. The molecule has 2 aromatic carbocycles. The predicted octanol–water partition coefficient (Wildman–Crippen LogP) is 4.86. The molecule has 0 aromatic heterocycles. The van der Waals surface area contributed by atoms with E-state index in [9.17, 15) is 0 Å². The molecule has 0 N–H and O–H groups in total. The smallest absolute Gasteiger partial charge is 0.0243 e. The summed E-state index contributed by atoms with van der Waals surface area (Å²) in [6, 6.07) is 18.9. The predicted molar refractivity (Wildman–Crippen MR) is 107 cm³/mol. The van der Waals surface area contributed by atoms with Gasteiger partial charge in [0.05, 0.1) is 0 Å². The molecule has 2 aliphatic heterocycles. The third-order valence-corrected chi connectivity index (χ3v) is 5.49. The monoisotopic (exact) mass is 336 g/mol. The molecule has 0 fully saturated rings. The zero-order valence-corrected chi connectivity index (χ0v) is 16.2. The molecule has 0 bridgehead atoms. The summed E-state index contributed by atoms with van der Waals surface area (Å²) in [7, 11) is 0. The van der Waals surface area contributed by atoms with E-state index in [1.54, 1.807) is 5.56 Å². The first-order chi connectivity index (χ1) is 12.0. The Hall–Kier alpha value is -1.64. The van der Waals surface area contributed by atoms with Gasteiger partial charge in [0, 0.05) is 38.3 Å². The molecule has 25 heavy (non-hydrogen) atoms. The van der Waals surface area contributed by atoms with Crippen molar-refractivity contribution in [3.63, 3.8) is 0 Å². The van der Waals surface area contributed by atoms with E-state index in [2.05, 4.69) is 86.0 Å². The average molecular weight is 337 g/mol. The minimum Gasteiger partial charge on any atom is -0.296 e. The number of hydrogen-bond acceptors (Lipinski definition) is 2. The largest absolute Gasteiger partial charge is 0.296 e. The molecule has 0 radical (unpaired) electrons. The second kappa shape index (κ2) is 8.16. The van der Waals surface area contributed by atoms with Crippen molar-refractivity contribution in [3.05, 3.63) is 70.8 Å². The van der Waals surface area contributed by atoms with Gasteiger partial charge >= 0.3 is 0 Å². The molecule has 0 saturated heterocycles. The Morgan fingerprint density at radius 3 is 1.48 bits per heavy atom. The van der Waals surface area contributed by atoms with Crippen LogP contribution >= 0.6 is 0 Å². The van der Waals surface area contributed by atoms with Crippen LogP contribution in [0.1, 0.15) is 49.9 Å². The molecule has 2 heteroatoms. The normalized spacial score (nSPS) is 17.2. The van der Waals surface area contributed by atoms with Gasteiger partial charge in [0.2, 0.25) is 0 Å². The van der Waals surface area contributed by atoms with Crippen LogP contribution < -0.4 is 0 Å². The molecule has 0 spiro atoms. The molecule has 2 aliphatic rings. The molecule has 0 unspecified atom stereocenters. The number of hydrogen-bond donors (Lipinski definition) is 0. The van der Waals surface area contributed by atoms with E-state index in [0.29, 0.717) is 12.1 Å². The van der Waals surface area contributed by atoms with Crippen LogP contribution in [-0.2, 0) is 26.1 Å². The van der Waals surface area contributed by atoms with Gasteiger partial charge in [0.15, 0.2) is 0 Å². The molecular formula is C23H32N2. The first-order valence-corrected chi connectivity index (χ1v) is 9.66. The summed E-state index contributed by atoms with van der Waals surface area (Å²) in [5, 5.41) is 0. The van der Waals surface area contributed by atoms with Crippen LogP contribution in [0.15, 0.2) is 48.5 Å². The van der Waals surface area contributed by atoms with E-state index in [0.717, 1.165) is 19.6 Å². The van der Waals surface area contributed by atoms with Crippen molar-refractivity contribution in [1.29, 1.82) is 0 Å². The highest BCUT2D eigenvalue weighted by Gasteiger charge is 2.19. The summed E-state index contributed by atoms with van der Waals surface area (Å²) in [5.41, 5.74) is 6.07. The summed E-state index contributed by atoms with van der Waals surface area (Å²) in [6.07, 6.45) is 1.22. The van der Waals surface area contributed by atoms with Gasteiger partial charge in [-0.05, 0) is 56.4 Å². The van der Waals surface area contributed by atoms with Crippen LogP contribution in [0.5, 0.6) is 0 Å². The van der Waals surface area contributed by atoms with Crippen LogP contribution in [0, 0.1) is 0 Å². The maximum Gasteiger partial charge on any atom is 0.0243 e. The van der Waals surface area contributed by atoms with E-state index in [1.165, 1.54) is 29.7 Å². The standard InChI is InChI=1S/C12H17N.C11H15N/c1-10(2)13-8-7-11-5-3-4-6-12(11)9-13;1-9(2)12-7-10-5-3-4-6-11(10)8-12/h3-6,10H,7-9H2,1-2H3;3-6,9H,7-8H2,1-2H3. The molecule has 0 atom stereocenters. The molecule has 0 saturated carbocycles. The van der Waals surface area contributed by atoms with Gasteiger partial charge in [0.25, 0.3) is 0 Å². The van der Waals surface area contributed by atoms with Crippen molar-refractivity contribution in [1.82, 2.24) is 9.80 Å². The van der Waals surface area contributed by atoms with E-state index in [1.807, 2.05) is 0 Å². The van der Waals surface area contributed by atoms with Crippen LogP contribution in [0.25, 0.3) is 0 Å². The van der Waals surface area contributed by atoms with Gasteiger partial charge in [-0.2, -0.15) is 0 Å². The van der Waals surface area contributed by atoms with Gasteiger partial charge in [-0.25, -0.2) is 0 Å². The van der Waals surface area contributed by atoms with Crippen LogP contribution in [0.4, 0.5) is 0 Å². The number of nitrogens with zero attached hydrogens (tertiary/aromatic N) is 2. The van der Waals surface area contributed by atoms with E-state index in [-0.39, 0.29) is 0 Å². The fraction of sp³-hybridized carbons (Fsp3) is 0.478. The fourth-order valence-electron chi connectivity index (χ4n) is 3.68. The molecule has 4 rings (SSSR count). The van der Waals surface area contributed by atoms with Crippen LogP contribution in [-0.4, -0.2) is 28.4 Å². The van der Waals surface area contributed by atoms with Gasteiger partial charge < -0.3 is 0 Å². The molecular weight excluding hydrogens is 304 g/mol. The summed E-state index contributed by atoms with van der Waals surface area (Å²) in [4.78, 5) is 5.02. The van der Waals surface area contributed by atoms with Crippen LogP contribution in [0.3, 0.4) is 0 Å². The lowest BCUT2D eigenvalue weighted by Gasteiger charge is -2.31. The van der Waals surface area contributed by atoms with Crippen molar-refractivity contribution in [2.45, 2.75) is 65.8 Å². The van der Waals surface area contributed by atoms with E-state index in [4.69, 9.17) is 0 Å². The van der Waals surface area contributed by atoms with Gasteiger partial charge in [-0.3, -0.25) is 9.80 Å². The van der Waals surface area contributed by atoms with Crippen molar-refractivity contribution >= 4 is 0 Å². The minimum atomic E-state index is 0.664. The third kappa shape index (κ3) is 4.50. The average Bonchev–Trinajstić information content (AvgIpc) is 3.06. The summed E-state index contributed by atoms with van der Waals surface area (Å²) < 4.78 is 0. The highest BCUT2D eigenvalue weighted by molar-refractivity contribution is 5.30. The molecule has 0 aliphatic carbocycles. The number of rotatable bonds is 2. The SMILES string of the molecule is CC(C)N1CCc2ccccc2C1.CC(C)N1Cc2ccccc2C1. The molecule has 134 valence electrons. The first-order valence-electron chi connectivity index (χ1n) is 9.66. The van der Waals surface area contributed by atoms with E-state index < -0.39 is 0 Å². The minimum absolute atomic E-state index is 0.664. The maximum absolute atomic E-state index is 2.53. The Balaban J connectivity index is 0.000000146. The first kappa shape index (κ1) is 18.2. The zero-order valence-electron chi connectivity index (χ0n) is 16.2. The lowest BCUT2D eigenvalue weighted by atomic mass is 9.99. The second-order valence-corrected chi connectivity index (χ2v) is 7.85. The van der Waals surface area contributed by atoms with Crippen molar-refractivity contribution < 1.29 is 0 Å². The molecule has 2 aromatic rings. The number of fused-ring (bicyclic) bond motifs is 2. The molecule has 0 amide bonds. The lowest BCUT2D eigenvalue weighted by molar-refractivity contribution is 0.203. The van der Waals surface area contributed by atoms with Crippen molar-refractivity contribution in [3.8, 4) is 0 Å². The summed E-state index contributed by atoms with van der Waals surface area (Å²) >= 11 is 0. The van der Waals surface area contributed by atoms with Crippen LogP contribution in [0.2, 0.25) is 0 Å². The Bertz CT molecular complexity index is 665. The van der Waals surface area contributed by atoms with E-state index >= 15 is 0 Å².